The average Bonchev–Trinajstić information content (AvgIpc) is 2.34. The van der Waals surface area contributed by atoms with Crippen LogP contribution in [0.2, 0.25) is 5.02 Å². The molecule has 0 unspecified atom stereocenters. The first-order valence-electron chi connectivity index (χ1n) is 6.13. The van der Waals surface area contributed by atoms with Crippen molar-refractivity contribution in [1.82, 2.24) is 4.90 Å². The molecule has 0 fully saturated rings. The summed E-state index contributed by atoms with van der Waals surface area (Å²) in [5, 5.41) is 10.3. The molecule has 0 bridgehead atoms. The van der Waals surface area contributed by atoms with E-state index in [0.29, 0.717) is 17.1 Å². The van der Waals surface area contributed by atoms with E-state index < -0.39 is 5.60 Å². The van der Waals surface area contributed by atoms with Crippen LogP contribution < -0.4 is 0 Å². The normalized spacial score (nSPS) is 11.5. The summed E-state index contributed by atoms with van der Waals surface area (Å²) in [4.78, 5) is 15.1. The maximum absolute atomic E-state index is 12.5. The molecular weight excluding hydrogens is 282 g/mol. The first kappa shape index (κ1) is 16.3. The molecule has 5 heteroatoms. The summed E-state index contributed by atoms with van der Waals surface area (Å²) in [6.45, 7) is 6.06. The zero-order valence-electron chi connectivity index (χ0n) is 11.7. The van der Waals surface area contributed by atoms with Crippen molar-refractivity contribution in [3.05, 3.63) is 28.8 Å². The third kappa shape index (κ3) is 4.71. The third-order valence-electron chi connectivity index (χ3n) is 2.65. The van der Waals surface area contributed by atoms with E-state index in [4.69, 9.17) is 11.6 Å². The van der Waals surface area contributed by atoms with Crippen LogP contribution in [0.4, 0.5) is 0 Å². The number of aliphatic hydroxyl groups is 1. The lowest BCUT2D eigenvalue weighted by atomic mass is 10.1. The minimum atomic E-state index is -0.921. The van der Waals surface area contributed by atoms with E-state index in [1.807, 2.05) is 19.2 Å². The van der Waals surface area contributed by atoms with Crippen molar-refractivity contribution in [3.63, 3.8) is 0 Å². The summed E-state index contributed by atoms with van der Waals surface area (Å²) in [6, 6.07) is 5.41. The number of rotatable bonds is 5. The minimum Gasteiger partial charge on any atom is -0.389 e. The third-order valence-corrected chi connectivity index (χ3v) is 3.71. The van der Waals surface area contributed by atoms with Crippen molar-refractivity contribution < 1.29 is 9.90 Å². The molecule has 1 rings (SSSR count). The molecule has 0 spiro atoms. The first-order valence-corrected chi connectivity index (χ1v) is 7.74. The highest BCUT2D eigenvalue weighted by Crippen LogP contribution is 2.24. The van der Waals surface area contributed by atoms with Crippen molar-refractivity contribution in [2.24, 2.45) is 0 Å². The van der Waals surface area contributed by atoms with Gasteiger partial charge in [0.15, 0.2) is 0 Å². The van der Waals surface area contributed by atoms with Gasteiger partial charge in [-0.05, 0) is 45.2 Å². The average molecular weight is 302 g/mol. The molecule has 19 heavy (non-hydrogen) atoms. The lowest BCUT2D eigenvalue weighted by Crippen LogP contribution is -2.42. The number of hydrogen-bond donors (Lipinski definition) is 1. The number of thioether (sulfide) groups is 1. The Morgan fingerprint density at radius 2 is 2.11 bits per heavy atom. The molecule has 1 amide bonds. The van der Waals surface area contributed by atoms with Gasteiger partial charge in [-0.3, -0.25) is 4.79 Å². The van der Waals surface area contributed by atoms with Crippen LogP contribution >= 0.6 is 23.4 Å². The fourth-order valence-corrected chi connectivity index (χ4v) is 2.40. The summed E-state index contributed by atoms with van der Waals surface area (Å²) < 4.78 is 0. The second-order valence-corrected chi connectivity index (χ2v) is 6.26. The SMILES string of the molecule is CCN(CC(C)(C)O)C(=O)c1cc(SC)ccc1Cl. The second-order valence-electron chi connectivity index (χ2n) is 4.98. The van der Waals surface area contributed by atoms with E-state index in [1.54, 1.807) is 42.6 Å². The number of amides is 1. The van der Waals surface area contributed by atoms with Crippen LogP contribution in [0.1, 0.15) is 31.1 Å². The number of hydrogen-bond acceptors (Lipinski definition) is 3. The molecule has 0 aliphatic rings. The van der Waals surface area contributed by atoms with Crippen LogP contribution in [-0.4, -0.2) is 40.9 Å². The summed E-state index contributed by atoms with van der Waals surface area (Å²) in [5.41, 5.74) is -0.436. The number of carbonyl (C=O) groups excluding carboxylic acids is 1. The maximum atomic E-state index is 12.5. The van der Waals surface area contributed by atoms with Gasteiger partial charge in [-0.2, -0.15) is 0 Å². The summed E-state index contributed by atoms with van der Waals surface area (Å²) in [6.07, 6.45) is 1.95. The Bertz CT molecular complexity index is 457. The van der Waals surface area contributed by atoms with Crippen LogP contribution in [0.25, 0.3) is 0 Å². The Labute approximate surface area is 123 Å². The highest BCUT2D eigenvalue weighted by atomic mass is 35.5. The molecule has 0 radical (unpaired) electrons. The van der Waals surface area contributed by atoms with E-state index in [-0.39, 0.29) is 12.5 Å². The number of nitrogens with zero attached hydrogens (tertiary/aromatic N) is 1. The van der Waals surface area contributed by atoms with Crippen molar-refractivity contribution >= 4 is 29.3 Å². The van der Waals surface area contributed by atoms with Gasteiger partial charge in [0.25, 0.3) is 5.91 Å². The predicted octanol–water partition coefficient (Wildman–Crippen LogP) is 3.29. The van der Waals surface area contributed by atoms with Crippen molar-refractivity contribution in [3.8, 4) is 0 Å². The summed E-state index contributed by atoms with van der Waals surface area (Å²) in [7, 11) is 0. The molecule has 0 atom stereocenters. The second kappa shape index (κ2) is 6.64. The highest BCUT2D eigenvalue weighted by Gasteiger charge is 2.23. The summed E-state index contributed by atoms with van der Waals surface area (Å²) in [5.74, 6) is -0.148. The van der Waals surface area contributed by atoms with Crippen molar-refractivity contribution in [2.75, 3.05) is 19.3 Å². The van der Waals surface area contributed by atoms with Crippen molar-refractivity contribution in [2.45, 2.75) is 31.3 Å². The van der Waals surface area contributed by atoms with Gasteiger partial charge < -0.3 is 10.0 Å². The molecule has 0 saturated heterocycles. The Balaban J connectivity index is 3.03. The van der Waals surface area contributed by atoms with Gasteiger partial charge in [-0.25, -0.2) is 0 Å². The molecular formula is C14H20ClNO2S. The van der Waals surface area contributed by atoms with Crippen LogP contribution in [-0.2, 0) is 0 Å². The van der Waals surface area contributed by atoms with Gasteiger partial charge >= 0.3 is 0 Å². The molecule has 3 nitrogen and oxygen atoms in total. The first-order chi connectivity index (χ1) is 8.78. The predicted molar refractivity (Wildman–Crippen MR) is 81.1 cm³/mol. The zero-order chi connectivity index (χ0) is 14.6. The number of halogens is 1. The Hall–Kier alpha value is -0.710. The van der Waals surface area contributed by atoms with Gasteiger partial charge in [0.05, 0.1) is 16.2 Å². The smallest absolute Gasteiger partial charge is 0.255 e. The van der Waals surface area contributed by atoms with Gasteiger partial charge in [0, 0.05) is 18.0 Å². The van der Waals surface area contributed by atoms with Crippen LogP contribution in [0.3, 0.4) is 0 Å². The standard InChI is InChI=1S/C14H20ClNO2S/c1-5-16(9-14(2,3)18)13(17)11-8-10(19-4)6-7-12(11)15/h6-8,18H,5,9H2,1-4H3. The number of benzene rings is 1. The summed E-state index contributed by atoms with van der Waals surface area (Å²) >= 11 is 7.66. The minimum absolute atomic E-state index is 0.148. The maximum Gasteiger partial charge on any atom is 0.255 e. The van der Waals surface area contributed by atoms with Crippen LogP contribution in [0, 0.1) is 0 Å². The molecule has 0 aromatic heterocycles. The fraction of sp³-hybridized carbons (Fsp3) is 0.500. The van der Waals surface area contributed by atoms with E-state index >= 15 is 0 Å². The zero-order valence-corrected chi connectivity index (χ0v) is 13.3. The molecule has 1 aromatic rings. The van der Waals surface area contributed by atoms with E-state index in [9.17, 15) is 9.90 Å². The van der Waals surface area contributed by atoms with Crippen LogP contribution in [0.5, 0.6) is 0 Å². The van der Waals surface area contributed by atoms with Gasteiger partial charge in [0.1, 0.15) is 0 Å². The molecule has 0 saturated carbocycles. The highest BCUT2D eigenvalue weighted by molar-refractivity contribution is 7.98. The Kier molecular flexibility index (Phi) is 5.71. The van der Waals surface area contributed by atoms with Crippen LogP contribution in [0.15, 0.2) is 23.1 Å². The van der Waals surface area contributed by atoms with E-state index in [1.165, 1.54) is 0 Å². The monoisotopic (exact) mass is 301 g/mol. The van der Waals surface area contributed by atoms with E-state index in [0.717, 1.165) is 4.90 Å². The molecule has 1 aromatic carbocycles. The van der Waals surface area contributed by atoms with Gasteiger partial charge in [-0.15, -0.1) is 11.8 Å². The quantitative estimate of drug-likeness (QED) is 0.848. The largest absolute Gasteiger partial charge is 0.389 e. The number of likely N-dealkylation sites (N-methyl/N-ethyl adjacent to an activating group) is 1. The molecule has 106 valence electrons. The van der Waals surface area contributed by atoms with Gasteiger partial charge in [-0.1, -0.05) is 11.6 Å². The van der Waals surface area contributed by atoms with Gasteiger partial charge in [0.2, 0.25) is 0 Å². The molecule has 0 aliphatic heterocycles. The lowest BCUT2D eigenvalue weighted by molar-refractivity contribution is 0.0314. The molecule has 0 heterocycles. The topological polar surface area (TPSA) is 40.5 Å². The van der Waals surface area contributed by atoms with E-state index in [2.05, 4.69) is 0 Å². The number of carbonyl (C=O) groups is 1. The Morgan fingerprint density at radius 1 is 1.47 bits per heavy atom. The molecule has 1 N–H and O–H groups in total. The lowest BCUT2D eigenvalue weighted by Gasteiger charge is -2.28. The molecule has 0 aliphatic carbocycles. The Morgan fingerprint density at radius 3 is 2.58 bits per heavy atom. The van der Waals surface area contributed by atoms with Crippen molar-refractivity contribution in [1.29, 1.82) is 0 Å². The fourth-order valence-electron chi connectivity index (χ4n) is 1.76.